The van der Waals surface area contributed by atoms with Crippen LogP contribution in [0.15, 0.2) is 97.1 Å². The van der Waals surface area contributed by atoms with Gasteiger partial charge in [0.2, 0.25) is 5.69 Å². The molecular formula is C31H29N3O6. The van der Waals surface area contributed by atoms with Gasteiger partial charge in [0.05, 0.1) is 32.0 Å². The van der Waals surface area contributed by atoms with Crippen molar-refractivity contribution in [3.05, 3.63) is 135 Å². The molecule has 4 atom stereocenters. The first kappa shape index (κ1) is 27.2. The summed E-state index contributed by atoms with van der Waals surface area (Å²) in [5.41, 5.74) is 3.22. The lowest BCUT2D eigenvalue weighted by molar-refractivity contribution is -0.390. The zero-order valence-corrected chi connectivity index (χ0v) is 21.7. The van der Waals surface area contributed by atoms with Gasteiger partial charge < -0.3 is 29.1 Å². The maximum absolute atomic E-state index is 11.9. The van der Waals surface area contributed by atoms with Gasteiger partial charge in [-0.3, -0.25) is 0 Å². The van der Waals surface area contributed by atoms with Crippen LogP contribution in [0.4, 0.5) is 5.82 Å². The Kier molecular flexibility index (Phi) is 8.96. The number of nitrogens with one attached hydrogen (secondary N) is 1. The molecule has 1 fully saturated rings. The minimum absolute atomic E-state index is 0.0673. The molecule has 1 N–H and O–H groups in total. The predicted molar refractivity (Wildman–Crippen MR) is 146 cm³/mol. The Hall–Kier alpha value is -4.33. The summed E-state index contributed by atoms with van der Waals surface area (Å²) < 4.78 is 25.3. The Morgan fingerprint density at radius 1 is 0.825 bits per heavy atom. The van der Waals surface area contributed by atoms with E-state index in [0.717, 1.165) is 16.7 Å². The fourth-order valence-corrected chi connectivity index (χ4v) is 4.78. The minimum Gasteiger partial charge on any atom is -0.374 e. The molecule has 204 valence electrons. The third-order valence-electron chi connectivity index (χ3n) is 6.71. The minimum atomic E-state index is -0.867. The topological polar surface area (TPSA) is 120 Å². The predicted octanol–water partition coefficient (Wildman–Crippen LogP) is 5.62. The van der Waals surface area contributed by atoms with E-state index in [2.05, 4.69) is 4.98 Å². The van der Waals surface area contributed by atoms with Gasteiger partial charge >= 0.3 is 5.82 Å². The highest BCUT2D eigenvalue weighted by atomic mass is 16.6. The van der Waals surface area contributed by atoms with Crippen molar-refractivity contribution in [2.45, 2.75) is 44.2 Å². The van der Waals surface area contributed by atoms with Crippen LogP contribution < -0.4 is 0 Å². The number of nitrogens with zero attached hydrogens (tertiary/aromatic N) is 2. The van der Waals surface area contributed by atoms with E-state index in [9.17, 15) is 15.4 Å². The van der Waals surface area contributed by atoms with Crippen molar-refractivity contribution in [2.75, 3.05) is 6.61 Å². The zero-order valence-electron chi connectivity index (χ0n) is 21.7. The number of nitriles is 1. The quantitative estimate of drug-likeness (QED) is 0.183. The largest absolute Gasteiger partial charge is 0.374 e. The van der Waals surface area contributed by atoms with Crippen LogP contribution in [0.25, 0.3) is 0 Å². The monoisotopic (exact) mass is 539 g/mol. The molecule has 0 amide bonds. The summed E-state index contributed by atoms with van der Waals surface area (Å²) in [6.45, 7) is 1.09. The molecule has 4 aromatic rings. The molecule has 0 bridgehead atoms. The smallest absolute Gasteiger partial charge is 0.327 e. The summed E-state index contributed by atoms with van der Waals surface area (Å²) in [7, 11) is 0. The lowest BCUT2D eigenvalue weighted by Crippen LogP contribution is -2.37. The maximum atomic E-state index is 11.9. The van der Waals surface area contributed by atoms with E-state index in [1.165, 1.54) is 6.07 Å². The van der Waals surface area contributed by atoms with Crippen LogP contribution in [-0.4, -0.2) is 34.8 Å². The molecule has 9 nitrogen and oxygen atoms in total. The molecule has 0 saturated carbocycles. The number of aromatic amines is 1. The van der Waals surface area contributed by atoms with Crippen LogP contribution in [0.1, 0.15) is 34.1 Å². The van der Waals surface area contributed by atoms with Gasteiger partial charge in [0.25, 0.3) is 0 Å². The van der Waals surface area contributed by atoms with Gasteiger partial charge in [-0.2, -0.15) is 5.26 Å². The number of H-pyrrole nitrogens is 1. The van der Waals surface area contributed by atoms with Crippen LogP contribution in [0.5, 0.6) is 0 Å². The summed E-state index contributed by atoms with van der Waals surface area (Å²) >= 11 is 0. The fraction of sp³-hybridized carbons (Fsp3) is 0.258. The van der Waals surface area contributed by atoms with Crippen molar-refractivity contribution in [2.24, 2.45) is 0 Å². The van der Waals surface area contributed by atoms with Gasteiger partial charge in [0.1, 0.15) is 30.5 Å². The van der Waals surface area contributed by atoms with Gasteiger partial charge in [-0.05, 0) is 21.6 Å². The van der Waals surface area contributed by atoms with Crippen molar-refractivity contribution in [3.8, 4) is 6.07 Å². The summed E-state index contributed by atoms with van der Waals surface area (Å²) in [5, 5.41) is 21.3. The molecule has 0 radical (unpaired) electrons. The van der Waals surface area contributed by atoms with Gasteiger partial charge in [-0.25, -0.2) is 4.98 Å². The van der Waals surface area contributed by atoms with Crippen molar-refractivity contribution in [1.82, 2.24) is 4.98 Å². The molecule has 1 aliphatic heterocycles. The Morgan fingerprint density at radius 3 is 1.88 bits per heavy atom. The van der Waals surface area contributed by atoms with Crippen LogP contribution in [0, 0.1) is 21.4 Å². The van der Waals surface area contributed by atoms with E-state index in [1.807, 2.05) is 97.1 Å². The first-order valence-electron chi connectivity index (χ1n) is 13.0. The van der Waals surface area contributed by atoms with Crippen molar-refractivity contribution in [3.63, 3.8) is 0 Å². The molecule has 1 aromatic heterocycles. The molecule has 2 heterocycles. The Morgan fingerprint density at radius 2 is 1.35 bits per heavy atom. The summed E-state index contributed by atoms with van der Waals surface area (Å²) in [5.74, 6) is -0.303. The molecule has 5 rings (SSSR count). The number of hydrogen-bond donors (Lipinski definition) is 1. The molecule has 9 heteroatoms. The summed E-state index contributed by atoms with van der Waals surface area (Å²) in [4.78, 5) is 13.9. The van der Waals surface area contributed by atoms with E-state index in [1.54, 1.807) is 0 Å². The number of aromatic nitrogens is 1. The van der Waals surface area contributed by atoms with Crippen LogP contribution in [-0.2, 0) is 38.8 Å². The van der Waals surface area contributed by atoms with Gasteiger partial charge in [0.15, 0.2) is 0 Å². The molecule has 0 spiro atoms. The van der Waals surface area contributed by atoms with Crippen LogP contribution >= 0.6 is 0 Å². The average molecular weight is 540 g/mol. The fourth-order valence-electron chi connectivity index (χ4n) is 4.78. The highest BCUT2D eigenvalue weighted by Crippen LogP contribution is 2.42. The van der Waals surface area contributed by atoms with Crippen LogP contribution in [0.2, 0.25) is 0 Å². The molecule has 3 aromatic carbocycles. The molecule has 0 unspecified atom stereocenters. The van der Waals surface area contributed by atoms with E-state index in [4.69, 9.17) is 18.9 Å². The normalized spacial score (nSPS) is 20.3. The lowest BCUT2D eigenvalue weighted by atomic mass is 10.0. The first-order valence-corrected chi connectivity index (χ1v) is 13.0. The molecule has 0 aliphatic carbocycles. The van der Waals surface area contributed by atoms with E-state index < -0.39 is 29.3 Å². The van der Waals surface area contributed by atoms with E-state index in [0.29, 0.717) is 13.2 Å². The highest BCUT2D eigenvalue weighted by Gasteiger charge is 2.49. The van der Waals surface area contributed by atoms with Crippen molar-refractivity contribution < 1.29 is 23.9 Å². The number of rotatable bonds is 12. The summed E-state index contributed by atoms with van der Waals surface area (Å²) in [6.07, 6.45) is -2.77. The van der Waals surface area contributed by atoms with Gasteiger partial charge in [-0.15, -0.1) is 0 Å². The molecular weight excluding hydrogens is 510 g/mol. The molecule has 40 heavy (non-hydrogen) atoms. The number of ether oxygens (including phenoxy) is 4. The highest BCUT2D eigenvalue weighted by molar-refractivity contribution is 5.44. The van der Waals surface area contributed by atoms with Gasteiger partial charge in [0, 0.05) is 6.07 Å². The Labute approximate surface area is 232 Å². The van der Waals surface area contributed by atoms with E-state index >= 15 is 0 Å². The maximum Gasteiger partial charge on any atom is 0.327 e. The Balaban J connectivity index is 1.44. The number of hydrogen-bond acceptors (Lipinski definition) is 7. The third-order valence-corrected chi connectivity index (χ3v) is 6.71. The zero-order chi connectivity index (χ0) is 27.7. The SMILES string of the molecule is N#Cc1cc([C@@H]2O[C@H](COCc3ccccc3)[C@@H](OCc3ccccc3)[C@H]2OCc2ccccc2)c([N+](=O)[O-])[nH]1. The summed E-state index contributed by atoms with van der Waals surface area (Å²) in [6, 6.07) is 32.5. The Bertz CT molecular complexity index is 1420. The van der Waals surface area contributed by atoms with Crippen molar-refractivity contribution in [1.29, 1.82) is 5.26 Å². The second-order valence-electron chi connectivity index (χ2n) is 9.47. The number of nitro groups is 1. The van der Waals surface area contributed by atoms with Crippen LogP contribution in [0.3, 0.4) is 0 Å². The standard InChI is InChI=1S/C31H29N3O6/c32-17-25-16-26(31(33-25)34(35)36)28-30(39-20-24-14-8-3-9-15-24)29(38-19-23-12-6-2-7-13-23)27(40-28)21-37-18-22-10-4-1-5-11-22/h1-16,27-30,33H,18-21H2/t27-,28+,29-,30+/m1/s1. The number of benzene rings is 3. The van der Waals surface area contributed by atoms with E-state index in [-0.39, 0.29) is 30.3 Å². The second kappa shape index (κ2) is 13.2. The lowest BCUT2D eigenvalue weighted by Gasteiger charge is -2.25. The average Bonchev–Trinajstić information content (AvgIpc) is 3.58. The second-order valence-corrected chi connectivity index (χ2v) is 9.47. The van der Waals surface area contributed by atoms with Crippen molar-refractivity contribution >= 4 is 5.82 Å². The third kappa shape index (κ3) is 6.62. The molecule has 1 aliphatic rings. The first-order chi connectivity index (χ1) is 19.6. The van der Waals surface area contributed by atoms with Gasteiger partial charge in [-0.1, -0.05) is 91.0 Å². The molecule has 1 saturated heterocycles.